The molecule has 1 aliphatic rings. The Labute approximate surface area is 192 Å². The van der Waals surface area contributed by atoms with Gasteiger partial charge in [0.2, 0.25) is 11.8 Å². The molecule has 0 saturated carbocycles. The molecule has 1 aliphatic heterocycles. The standard InChI is InChI=1S/C26H40N4O2/c1-3-21(4-2)26(32)27-17-11-7-8-16-24-28-22-14-9-10-15-23(22)30(24)20-25(31)29-18-12-5-6-13-19-29/h9-10,14-15,21H,3-8,11-13,16-20H2,1-2H3,(H,27,32). The lowest BCUT2D eigenvalue weighted by Crippen LogP contribution is -2.34. The van der Waals surface area contributed by atoms with E-state index < -0.39 is 0 Å². The molecule has 32 heavy (non-hydrogen) atoms. The third-order valence-electron chi connectivity index (χ3n) is 6.72. The van der Waals surface area contributed by atoms with Gasteiger partial charge in [-0.25, -0.2) is 4.98 Å². The highest BCUT2D eigenvalue weighted by Gasteiger charge is 2.19. The fourth-order valence-corrected chi connectivity index (χ4v) is 4.65. The maximum atomic E-state index is 13.0. The fraction of sp³-hybridized carbons (Fsp3) is 0.654. The van der Waals surface area contributed by atoms with E-state index in [1.807, 2.05) is 23.1 Å². The van der Waals surface area contributed by atoms with E-state index in [0.29, 0.717) is 6.54 Å². The van der Waals surface area contributed by atoms with Gasteiger partial charge in [-0.3, -0.25) is 9.59 Å². The van der Waals surface area contributed by atoms with Crippen LogP contribution >= 0.6 is 0 Å². The van der Waals surface area contributed by atoms with Crippen molar-refractivity contribution in [2.24, 2.45) is 5.92 Å². The van der Waals surface area contributed by atoms with Gasteiger partial charge in [0.05, 0.1) is 11.0 Å². The number of rotatable bonds is 11. The van der Waals surface area contributed by atoms with Gasteiger partial charge in [-0.1, -0.05) is 45.2 Å². The highest BCUT2D eigenvalue weighted by atomic mass is 16.2. The summed E-state index contributed by atoms with van der Waals surface area (Å²) in [5.41, 5.74) is 2.01. The summed E-state index contributed by atoms with van der Waals surface area (Å²) in [6.07, 6.45) is 10.3. The van der Waals surface area contributed by atoms with Gasteiger partial charge in [0.1, 0.15) is 12.4 Å². The maximum absolute atomic E-state index is 13.0. The summed E-state index contributed by atoms with van der Waals surface area (Å²) in [7, 11) is 0. The first-order chi connectivity index (χ1) is 15.6. The van der Waals surface area contributed by atoms with Crippen molar-refractivity contribution in [1.29, 1.82) is 0 Å². The quantitative estimate of drug-likeness (QED) is 0.515. The van der Waals surface area contributed by atoms with Crippen LogP contribution in [0.1, 0.15) is 77.5 Å². The number of hydrogen-bond acceptors (Lipinski definition) is 3. The fourth-order valence-electron chi connectivity index (χ4n) is 4.65. The minimum Gasteiger partial charge on any atom is -0.356 e. The van der Waals surface area contributed by atoms with Gasteiger partial charge in [0.25, 0.3) is 0 Å². The van der Waals surface area contributed by atoms with Crippen molar-refractivity contribution in [2.45, 2.75) is 84.6 Å². The van der Waals surface area contributed by atoms with Crippen LogP contribution in [0.25, 0.3) is 11.0 Å². The Bertz CT molecular complexity index is 864. The Hall–Kier alpha value is -2.37. The smallest absolute Gasteiger partial charge is 0.242 e. The number of para-hydroxylation sites is 2. The van der Waals surface area contributed by atoms with E-state index in [-0.39, 0.29) is 17.7 Å². The molecule has 0 spiro atoms. The van der Waals surface area contributed by atoms with E-state index in [2.05, 4.69) is 29.8 Å². The molecule has 1 N–H and O–H groups in total. The molecule has 1 aromatic carbocycles. The third-order valence-corrected chi connectivity index (χ3v) is 6.72. The molecule has 0 radical (unpaired) electrons. The van der Waals surface area contributed by atoms with Crippen molar-refractivity contribution < 1.29 is 9.59 Å². The number of likely N-dealkylation sites (tertiary alicyclic amines) is 1. The van der Waals surface area contributed by atoms with E-state index in [9.17, 15) is 9.59 Å². The predicted molar refractivity (Wildman–Crippen MR) is 129 cm³/mol. The summed E-state index contributed by atoms with van der Waals surface area (Å²) in [6.45, 7) is 7.00. The van der Waals surface area contributed by atoms with Crippen LogP contribution in [-0.2, 0) is 22.6 Å². The molecule has 2 aromatic rings. The first kappa shape index (κ1) is 24.3. The SMILES string of the molecule is CCC(CC)C(=O)NCCCCCc1nc2ccccc2n1CC(=O)N1CCCCCC1. The predicted octanol–water partition coefficient (Wildman–Crippen LogP) is 4.70. The van der Waals surface area contributed by atoms with Crippen LogP contribution in [0.2, 0.25) is 0 Å². The number of nitrogens with zero attached hydrogens (tertiary/aromatic N) is 3. The lowest BCUT2D eigenvalue weighted by atomic mass is 10.0. The molecule has 3 rings (SSSR count). The van der Waals surface area contributed by atoms with Crippen LogP contribution in [0.4, 0.5) is 0 Å². The van der Waals surface area contributed by atoms with E-state index in [1.54, 1.807) is 0 Å². The van der Waals surface area contributed by atoms with Crippen molar-refractivity contribution >= 4 is 22.8 Å². The largest absolute Gasteiger partial charge is 0.356 e. The second kappa shape index (κ2) is 12.6. The molecule has 0 atom stereocenters. The highest BCUT2D eigenvalue weighted by molar-refractivity contribution is 5.81. The molecular weight excluding hydrogens is 400 g/mol. The van der Waals surface area contributed by atoms with Gasteiger partial charge in [0.15, 0.2) is 0 Å². The number of carbonyl (C=O) groups excluding carboxylic acids is 2. The van der Waals surface area contributed by atoms with Crippen LogP contribution < -0.4 is 5.32 Å². The van der Waals surface area contributed by atoms with Crippen LogP contribution in [0.3, 0.4) is 0 Å². The van der Waals surface area contributed by atoms with Crippen molar-refractivity contribution in [2.75, 3.05) is 19.6 Å². The number of nitrogens with one attached hydrogen (secondary N) is 1. The molecule has 2 heterocycles. The zero-order valence-corrected chi connectivity index (χ0v) is 19.9. The van der Waals surface area contributed by atoms with Crippen LogP contribution in [0.5, 0.6) is 0 Å². The number of imidazole rings is 1. The van der Waals surface area contributed by atoms with Gasteiger partial charge in [-0.2, -0.15) is 0 Å². The molecule has 1 fully saturated rings. The van der Waals surface area contributed by atoms with E-state index in [4.69, 9.17) is 4.98 Å². The van der Waals surface area contributed by atoms with Crippen LogP contribution in [-0.4, -0.2) is 45.9 Å². The van der Waals surface area contributed by atoms with E-state index in [1.165, 1.54) is 12.8 Å². The van der Waals surface area contributed by atoms with Gasteiger partial charge < -0.3 is 14.8 Å². The number of aromatic nitrogens is 2. The second-order valence-electron chi connectivity index (χ2n) is 9.01. The molecule has 6 heteroatoms. The topological polar surface area (TPSA) is 67.2 Å². The van der Waals surface area contributed by atoms with Crippen molar-refractivity contribution in [1.82, 2.24) is 19.8 Å². The van der Waals surface area contributed by atoms with Gasteiger partial charge in [-0.05, 0) is 50.7 Å². The van der Waals surface area contributed by atoms with Gasteiger partial charge in [0, 0.05) is 32.0 Å². The summed E-state index contributed by atoms with van der Waals surface area (Å²) in [5.74, 6) is 1.52. The summed E-state index contributed by atoms with van der Waals surface area (Å²) < 4.78 is 2.12. The Morgan fingerprint density at radius 2 is 1.72 bits per heavy atom. The zero-order chi connectivity index (χ0) is 22.8. The molecule has 1 aromatic heterocycles. The van der Waals surface area contributed by atoms with Crippen LogP contribution in [0.15, 0.2) is 24.3 Å². The lowest BCUT2D eigenvalue weighted by Gasteiger charge is -2.21. The first-order valence-corrected chi connectivity index (χ1v) is 12.6. The molecule has 0 bridgehead atoms. The minimum atomic E-state index is 0.136. The van der Waals surface area contributed by atoms with E-state index >= 15 is 0 Å². The number of carbonyl (C=O) groups is 2. The summed E-state index contributed by atoms with van der Waals surface area (Å²) >= 11 is 0. The Morgan fingerprint density at radius 3 is 2.44 bits per heavy atom. The molecule has 6 nitrogen and oxygen atoms in total. The number of amides is 2. The average Bonchev–Trinajstić information content (AvgIpc) is 2.96. The summed E-state index contributed by atoms with van der Waals surface area (Å²) in [4.78, 5) is 32.0. The number of unbranched alkanes of at least 4 members (excludes halogenated alkanes) is 2. The van der Waals surface area contributed by atoms with Crippen molar-refractivity contribution in [3.8, 4) is 0 Å². The third kappa shape index (κ3) is 6.57. The molecular formula is C26H40N4O2. The number of hydrogen-bond donors (Lipinski definition) is 1. The summed E-state index contributed by atoms with van der Waals surface area (Å²) in [5, 5.41) is 3.07. The van der Waals surface area contributed by atoms with Gasteiger partial charge in [-0.15, -0.1) is 0 Å². The monoisotopic (exact) mass is 440 g/mol. The first-order valence-electron chi connectivity index (χ1n) is 12.6. The Balaban J connectivity index is 1.54. The normalized spacial score (nSPS) is 14.7. The molecule has 0 aliphatic carbocycles. The molecule has 176 valence electrons. The molecule has 2 amide bonds. The highest BCUT2D eigenvalue weighted by Crippen LogP contribution is 2.19. The minimum absolute atomic E-state index is 0.136. The molecule has 0 unspecified atom stereocenters. The molecule has 1 saturated heterocycles. The number of fused-ring (bicyclic) bond motifs is 1. The average molecular weight is 441 g/mol. The number of benzene rings is 1. The number of aryl methyl sites for hydroxylation is 1. The van der Waals surface area contributed by atoms with E-state index in [0.717, 1.165) is 87.9 Å². The lowest BCUT2D eigenvalue weighted by molar-refractivity contribution is -0.131. The Morgan fingerprint density at radius 1 is 1.00 bits per heavy atom. The van der Waals surface area contributed by atoms with Crippen molar-refractivity contribution in [3.05, 3.63) is 30.1 Å². The van der Waals surface area contributed by atoms with Crippen LogP contribution in [0, 0.1) is 5.92 Å². The summed E-state index contributed by atoms with van der Waals surface area (Å²) in [6, 6.07) is 8.11. The zero-order valence-electron chi connectivity index (χ0n) is 19.9. The second-order valence-corrected chi connectivity index (χ2v) is 9.01. The Kier molecular flexibility index (Phi) is 9.57. The van der Waals surface area contributed by atoms with Gasteiger partial charge >= 0.3 is 0 Å². The van der Waals surface area contributed by atoms with Crippen molar-refractivity contribution in [3.63, 3.8) is 0 Å². The maximum Gasteiger partial charge on any atom is 0.242 e.